The van der Waals surface area contributed by atoms with Crippen LogP contribution in [-0.2, 0) is 16.4 Å². The first-order valence-corrected chi connectivity index (χ1v) is 9.48. The molecular formula is C20H18N2O3S. The van der Waals surface area contributed by atoms with Gasteiger partial charge in [0.1, 0.15) is 0 Å². The number of carbonyl (C=O) groups excluding carboxylic acids is 1. The van der Waals surface area contributed by atoms with Gasteiger partial charge in [0, 0.05) is 5.56 Å². The molecule has 0 aliphatic heterocycles. The van der Waals surface area contributed by atoms with Crippen molar-refractivity contribution in [3.63, 3.8) is 0 Å². The fourth-order valence-corrected chi connectivity index (χ4v) is 3.69. The average Bonchev–Trinajstić information content (AvgIpc) is 2.64. The molecule has 0 radical (unpaired) electrons. The molecule has 0 aromatic heterocycles. The summed E-state index contributed by atoms with van der Waals surface area (Å²) < 4.78 is 27.9. The summed E-state index contributed by atoms with van der Waals surface area (Å²) in [5.41, 5.74) is 7.93. The first-order valence-electron chi connectivity index (χ1n) is 8.00. The van der Waals surface area contributed by atoms with Crippen LogP contribution in [0.2, 0.25) is 0 Å². The van der Waals surface area contributed by atoms with E-state index in [1.807, 2.05) is 42.5 Å². The number of carbonyl (C=O) groups is 1. The maximum absolute atomic E-state index is 12.7. The molecule has 0 fully saturated rings. The van der Waals surface area contributed by atoms with Gasteiger partial charge in [0.05, 0.1) is 10.6 Å². The van der Waals surface area contributed by atoms with Crippen LogP contribution in [0.3, 0.4) is 0 Å². The number of primary amides is 1. The summed E-state index contributed by atoms with van der Waals surface area (Å²) in [6.07, 6.45) is 0.611. The van der Waals surface area contributed by atoms with Crippen LogP contribution in [0.5, 0.6) is 0 Å². The first kappa shape index (κ1) is 17.7. The van der Waals surface area contributed by atoms with Crippen LogP contribution in [-0.4, -0.2) is 14.3 Å². The Hall–Kier alpha value is -3.12. The molecule has 3 aromatic carbocycles. The van der Waals surface area contributed by atoms with E-state index in [1.165, 1.54) is 24.3 Å². The normalized spacial score (nSPS) is 11.1. The zero-order valence-electron chi connectivity index (χ0n) is 13.9. The van der Waals surface area contributed by atoms with Crippen LogP contribution in [0, 0.1) is 0 Å². The van der Waals surface area contributed by atoms with Gasteiger partial charge in [-0.3, -0.25) is 9.52 Å². The topological polar surface area (TPSA) is 89.3 Å². The molecule has 132 valence electrons. The predicted molar refractivity (Wildman–Crippen MR) is 101 cm³/mol. The molecule has 5 nitrogen and oxygen atoms in total. The third-order valence-electron chi connectivity index (χ3n) is 3.95. The van der Waals surface area contributed by atoms with E-state index in [9.17, 15) is 13.2 Å². The standard InChI is InChI=1S/C20H18N2O3S/c21-20(23)16-10-12-18(13-11-16)26(24,25)22-19-9-5-4-8-17(19)14-15-6-2-1-3-7-15/h1-13,22H,14H2,(H2,21,23). The maximum atomic E-state index is 12.7. The van der Waals surface area contributed by atoms with E-state index in [-0.39, 0.29) is 10.5 Å². The number of anilines is 1. The molecule has 0 saturated carbocycles. The maximum Gasteiger partial charge on any atom is 0.261 e. The number of nitrogens with one attached hydrogen (secondary N) is 1. The third kappa shape index (κ3) is 4.10. The Bertz CT molecular complexity index is 1010. The van der Waals surface area contributed by atoms with Gasteiger partial charge in [-0.1, -0.05) is 48.5 Å². The molecule has 0 aliphatic carbocycles. The summed E-state index contributed by atoms with van der Waals surface area (Å²) in [7, 11) is -3.77. The second-order valence-corrected chi connectivity index (χ2v) is 7.50. The minimum atomic E-state index is -3.77. The quantitative estimate of drug-likeness (QED) is 0.702. The van der Waals surface area contributed by atoms with E-state index in [2.05, 4.69) is 4.72 Å². The zero-order chi connectivity index (χ0) is 18.6. The number of rotatable bonds is 6. The van der Waals surface area contributed by atoms with Gasteiger partial charge in [0.2, 0.25) is 5.91 Å². The molecule has 0 spiro atoms. The van der Waals surface area contributed by atoms with Crippen LogP contribution < -0.4 is 10.5 Å². The minimum absolute atomic E-state index is 0.0667. The summed E-state index contributed by atoms with van der Waals surface area (Å²) in [6.45, 7) is 0. The molecule has 3 rings (SSSR count). The van der Waals surface area contributed by atoms with Gasteiger partial charge in [-0.15, -0.1) is 0 Å². The van der Waals surface area contributed by atoms with Gasteiger partial charge >= 0.3 is 0 Å². The van der Waals surface area contributed by atoms with Gasteiger partial charge in [-0.25, -0.2) is 8.42 Å². The Balaban J connectivity index is 1.87. The molecule has 0 heterocycles. The second kappa shape index (κ2) is 7.41. The second-order valence-electron chi connectivity index (χ2n) is 5.81. The molecule has 26 heavy (non-hydrogen) atoms. The Labute approximate surface area is 152 Å². The van der Waals surface area contributed by atoms with E-state index in [0.717, 1.165) is 11.1 Å². The van der Waals surface area contributed by atoms with Crippen molar-refractivity contribution in [2.45, 2.75) is 11.3 Å². The third-order valence-corrected chi connectivity index (χ3v) is 5.33. The van der Waals surface area contributed by atoms with E-state index < -0.39 is 15.9 Å². The van der Waals surface area contributed by atoms with Crippen molar-refractivity contribution in [3.8, 4) is 0 Å². The van der Waals surface area contributed by atoms with E-state index in [4.69, 9.17) is 5.73 Å². The van der Waals surface area contributed by atoms with E-state index >= 15 is 0 Å². The summed E-state index contributed by atoms with van der Waals surface area (Å²) >= 11 is 0. The molecule has 3 N–H and O–H groups in total. The number of hydrogen-bond acceptors (Lipinski definition) is 3. The molecule has 3 aromatic rings. The van der Waals surface area contributed by atoms with Gasteiger partial charge in [0.25, 0.3) is 10.0 Å². The number of nitrogens with two attached hydrogens (primary N) is 1. The van der Waals surface area contributed by atoms with Crippen molar-refractivity contribution in [1.29, 1.82) is 0 Å². The lowest BCUT2D eigenvalue weighted by molar-refractivity contribution is 0.1000. The van der Waals surface area contributed by atoms with Crippen LogP contribution in [0.1, 0.15) is 21.5 Å². The molecular weight excluding hydrogens is 348 g/mol. The van der Waals surface area contributed by atoms with Crippen molar-refractivity contribution in [3.05, 3.63) is 95.6 Å². The molecule has 0 saturated heterocycles. The molecule has 0 atom stereocenters. The number of amides is 1. The van der Waals surface area contributed by atoms with Crippen LogP contribution in [0.15, 0.2) is 83.8 Å². The first-order chi connectivity index (χ1) is 12.5. The van der Waals surface area contributed by atoms with Crippen molar-refractivity contribution >= 4 is 21.6 Å². The van der Waals surface area contributed by atoms with Crippen molar-refractivity contribution in [2.24, 2.45) is 5.73 Å². The Kier molecular flexibility index (Phi) is 5.04. The minimum Gasteiger partial charge on any atom is -0.366 e. The highest BCUT2D eigenvalue weighted by Crippen LogP contribution is 2.23. The molecule has 0 aliphatic rings. The smallest absolute Gasteiger partial charge is 0.261 e. The van der Waals surface area contributed by atoms with Crippen LogP contribution in [0.4, 0.5) is 5.69 Å². The van der Waals surface area contributed by atoms with E-state index in [0.29, 0.717) is 12.1 Å². The van der Waals surface area contributed by atoms with Crippen molar-refractivity contribution in [1.82, 2.24) is 0 Å². The number of benzene rings is 3. The highest BCUT2D eigenvalue weighted by Gasteiger charge is 2.16. The Morgan fingerprint density at radius 2 is 1.46 bits per heavy atom. The summed E-state index contributed by atoms with van der Waals surface area (Å²) in [6, 6.07) is 22.6. The lowest BCUT2D eigenvalue weighted by Gasteiger charge is -2.13. The van der Waals surface area contributed by atoms with Gasteiger partial charge in [0.15, 0.2) is 0 Å². The molecule has 6 heteroatoms. The molecule has 0 unspecified atom stereocenters. The van der Waals surface area contributed by atoms with Gasteiger partial charge < -0.3 is 5.73 Å². The van der Waals surface area contributed by atoms with Gasteiger partial charge in [-0.2, -0.15) is 0 Å². The Morgan fingerprint density at radius 1 is 0.846 bits per heavy atom. The zero-order valence-corrected chi connectivity index (χ0v) is 14.7. The van der Waals surface area contributed by atoms with Gasteiger partial charge in [-0.05, 0) is 47.9 Å². The lowest BCUT2D eigenvalue weighted by atomic mass is 10.0. The Morgan fingerprint density at radius 3 is 2.12 bits per heavy atom. The monoisotopic (exact) mass is 366 g/mol. The summed E-state index contributed by atoms with van der Waals surface area (Å²) in [4.78, 5) is 11.2. The summed E-state index contributed by atoms with van der Waals surface area (Å²) in [5.74, 6) is -0.602. The highest BCUT2D eigenvalue weighted by molar-refractivity contribution is 7.92. The summed E-state index contributed by atoms with van der Waals surface area (Å²) in [5, 5.41) is 0. The lowest BCUT2D eigenvalue weighted by Crippen LogP contribution is -2.15. The number of sulfonamides is 1. The average molecular weight is 366 g/mol. The number of para-hydroxylation sites is 1. The van der Waals surface area contributed by atoms with Crippen molar-refractivity contribution in [2.75, 3.05) is 4.72 Å². The fourth-order valence-electron chi connectivity index (χ4n) is 2.59. The predicted octanol–water partition coefficient (Wildman–Crippen LogP) is 3.18. The largest absolute Gasteiger partial charge is 0.366 e. The molecule has 0 bridgehead atoms. The van der Waals surface area contributed by atoms with Crippen LogP contribution >= 0.6 is 0 Å². The SMILES string of the molecule is NC(=O)c1ccc(S(=O)(=O)Nc2ccccc2Cc2ccccc2)cc1. The fraction of sp³-hybridized carbons (Fsp3) is 0.0500. The van der Waals surface area contributed by atoms with Crippen molar-refractivity contribution < 1.29 is 13.2 Å². The molecule has 1 amide bonds. The number of hydrogen-bond donors (Lipinski definition) is 2. The van der Waals surface area contributed by atoms with Crippen LogP contribution in [0.25, 0.3) is 0 Å². The van der Waals surface area contributed by atoms with E-state index in [1.54, 1.807) is 12.1 Å². The highest BCUT2D eigenvalue weighted by atomic mass is 32.2.